The van der Waals surface area contributed by atoms with E-state index in [1.807, 2.05) is 0 Å². The van der Waals surface area contributed by atoms with E-state index in [0.29, 0.717) is 17.0 Å². The average Bonchev–Trinajstić information content (AvgIpc) is 2.26. The van der Waals surface area contributed by atoms with E-state index in [1.54, 1.807) is 6.07 Å². The molecule has 1 amide bonds. The quantitative estimate of drug-likeness (QED) is 0.738. The summed E-state index contributed by atoms with van der Waals surface area (Å²) < 4.78 is 26.9. The maximum Gasteiger partial charge on any atom is 0.255 e. The Morgan fingerprint density at radius 1 is 1.44 bits per heavy atom. The van der Waals surface area contributed by atoms with E-state index in [0.717, 1.165) is 6.26 Å². The van der Waals surface area contributed by atoms with E-state index in [-0.39, 0.29) is 12.3 Å². The first-order valence-electron chi connectivity index (χ1n) is 5.23. The normalized spacial score (nSPS) is 11.0. The number of rotatable bonds is 5. The lowest BCUT2D eigenvalue weighted by molar-refractivity contribution is 0.0953. The van der Waals surface area contributed by atoms with Gasteiger partial charge in [-0.2, -0.15) is 0 Å². The highest BCUT2D eigenvalue weighted by Gasteiger charge is 2.12. The molecule has 7 heteroatoms. The Kier molecular flexibility index (Phi) is 4.55. The van der Waals surface area contributed by atoms with Crippen LogP contribution in [0.5, 0.6) is 5.75 Å². The third kappa shape index (κ3) is 4.25. The highest BCUT2D eigenvalue weighted by atomic mass is 32.2. The molecule has 100 valence electrons. The van der Waals surface area contributed by atoms with Crippen LogP contribution >= 0.6 is 0 Å². The Bertz CT molecular complexity index is 540. The van der Waals surface area contributed by atoms with Crippen molar-refractivity contribution in [1.29, 1.82) is 0 Å². The lowest BCUT2D eigenvalue weighted by Gasteiger charge is -2.09. The molecule has 0 fully saturated rings. The van der Waals surface area contributed by atoms with Crippen molar-refractivity contribution in [3.63, 3.8) is 0 Å². The van der Waals surface area contributed by atoms with Crippen LogP contribution in [0.3, 0.4) is 0 Å². The molecule has 0 saturated heterocycles. The van der Waals surface area contributed by atoms with Crippen molar-refractivity contribution in [3.8, 4) is 5.75 Å². The van der Waals surface area contributed by atoms with Gasteiger partial charge in [-0.1, -0.05) is 0 Å². The molecular weight excluding hydrogens is 256 g/mol. The Morgan fingerprint density at radius 2 is 2.11 bits per heavy atom. The number of methoxy groups -OCH3 is 1. The number of sulfone groups is 1. The smallest absolute Gasteiger partial charge is 0.255 e. The first-order valence-corrected chi connectivity index (χ1v) is 7.29. The maximum absolute atomic E-state index is 11.8. The van der Waals surface area contributed by atoms with Crippen LogP contribution in [0, 0.1) is 0 Å². The summed E-state index contributed by atoms with van der Waals surface area (Å²) in [6.07, 6.45) is 1.11. The summed E-state index contributed by atoms with van der Waals surface area (Å²) in [5.74, 6) is -0.141. The Hall–Kier alpha value is -1.76. The SMILES string of the molecule is COc1cc(N)ccc1C(=O)NCCS(C)(=O)=O. The van der Waals surface area contributed by atoms with Crippen molar-refractivity contribution in [1.82, 2.24) is 5.32 Å². The van der Waals surface area contributed by atoms with E-state index < -0.39 is 15.7 Å². The van der Waals surface area contributed by atoms with Crippen molar-refractivity contribution >= 4 is 21.4 Å². The van der Waals surface area contributed by atoms with Gasteiger partial charge in [-0.15, -0.1) is 0 Å². The van der Waals surface area contributed by atoms with Gasteiger partial charge in [-0.25, -0.2) is 8.42 Å². The van der Waals surface area contributed by atoms with Crippen LogP contribution in [0.15, 0.2) is 18.2 Å². The molecule has 6 nitrogen and oxygen atoms in total. The number of carbonyl (C=O) groups excluding carboxylic acids is 1. The van der Waals surface area contributed by atoms with Gasteiger partial charge in [0.2, 0.25) is 0 Å². The van der Waals surface area contributed by atoms with Gasteiger partial charge in [-0.05, 0) is 12.1 Å². The van der Waals surface area contributed by atoms with Gasteiger partial charge in [0.15, 0.2) is 0 Å². The van der Waals surface area contributed by atoms with Crippen molar-refractivity contribution in [2.45, 2.75) is 0 Å². The fourth-order valence-electron chi connectivity index (χ4n) is 1.34. The molecule has 0 bridgehead atoms. The van der Waals surface area contributed by atoms with Crippen LogP contribution < -0.4 is 15.8 Å². The zero-order valence-corrected chi connectivity index (χ0v) is 11.1. The van der Waals surface area contributed by atoms with E-state index in [1.165, 1.54) is 19.2 Å². The molecule has 0 spiro atoms. The maximum atomic E-state index is 11.8. The molecule has 3 N–H and O–H groups in total. The number of nitrogens with one attached hydrogen (secondary N) is 1. The monoisotopic (exact) mass is 272 g/mol. The predicted molar refractivity (Wildman–Crippen MR) is 69.5 cm³/mol. The van der Waals surface area contributed by atoms with Crippen LogP contribution in [0.1, 0.15) is 10.4 Å². The van der Waals surface area contributed by atoms with Gasteiger partial charge < -0.3 is 15.8 Å². The third-order valence-electron chi connectivity index (χ3n) is 2.23. The zero-order chi connectivity index (χ0) is 13.8. The zero-order valence-electron chi connectivity index (χ0n) is 10.3. The second-order valence-corrected chi connectivity index (χ2v) is 6.11. The van der Waals surface area contributed by atoms with Gasteiger partial charge in [0, 0.05) is 24.6 Å². The van der Waals surface area contributed by atoms with E-state index >= 15 is 0 Å². The van der Waals surface area contributed by atoms with Gasteiger partial charge in [-0.3, -0.25) is 4.79 Å². The summed E-state index contributed by atoms with van der Waals surface area (Å²) in [6, 6.07) is 4.64. The molecule has 0 radical (unpaired) electrons. The number of ether oxygens (including phenoxy) is 1. The average molecular weight is 272 g/mol. The van der Waals surface area contributed by atoms with E-state index in [9.17, 15) is 13.2 Å². The number of amides is 1. The minimum absolute atomic E-state index is 0.0607. The van der Waals surface area contributed by atoms with Crippen molar-refractivity contribution < 1.29 is 17.9 Å². The van der Waals surface area contributed by atoms with E-state index in [4.69, 9.17) is 10.5 Å². The summed E-state index contributed by atoms with van der Waals surface area (Å²) >= 11 is 0. The second-order valence-electron chi connectivity index (χ2n) is 3.85. The van der Waals surface area contributed by atoms with Gasteiger partial charge in [0.25, 0.3) is 5.91 Å². The molecule has 0 saturated carbocycles. The fourth-order valence-corrected chi connectivity index (χ4v) is 1.81. The molecule has 0 heterocycles. The molecule has 0 aromatic heterocycles. The minimum atomic E-state index is -3.09. The molecular formula is C11H16N2O4S. The molecule has 1 rings (SSSR count). The Balaban J connectivity index is 2.73. The molecule has 18 heavy (non-hydrogen) atoms. The summed E-state index contributed by atoms with van der Waals surface area (Å²) in [6.45, 7) is 0.0607. The number of hydrogen-bond acceptors (Lipinski definition) is 5. The second kappa shape index (κ2) is 5.72. The lowest BCUT2D eigenvalue weighted by atomic mass is 10.1. The van der Waals surface area contributed by atoms with Crippen LogP contribution in [0.25, 0.3) is 0 Å². The Morgan fingerprint density at radius 3 is 2.67 bits per heavy atom. The first-order chi connectivity index (χ1) is 8.33. The third-order valence-corrected chi connectivity index (χ3v) is 3.17. The summed E-state index contributed by atoms with van der Waals surface area (Å²) in [4.78, 5) is 11.8. The predicted octanol–water partition coefficient (Wildman–Crippen LogP) is 0.0518. The fraction of sp³-hybridized carbons (Fsp3) is 0.364. The topological polar surface area (TPSA) is 98.5 Å². The van der Waals surface area contributed by atoms with Crippen molar-refractivity contribution in [2.24, 2.45) is 0 Å². The number of anilines is 1. The number of nitrogens with two attached hydrogens (primary N) is 1. The largest absolute Gasteiger partial charge is 0.496 e. The molecule has 0 aliphatic carbocycles. The highest BCUT2D eigenvalue weighted by Crippen LogP contribution is 2.21. The van der Waals surface area contributed by atoms with Gasteiger partial charge >= 0.3 is 0 Å². The molecule has 0 unspecified atom stereocenters. The summed E-state index contributed by atoms with van der Waals surface area (Å²) in [5, 5.41) is 2.51. The van der Waals surface area contributed by atoms with Crippen LogP contribution in [-0.2, 0) is 9.84 Å². The molecule has 1 aromatic carbocycles. The number of benzene rings is 1. The molecule has 0 atom stereocenters. The minimum Gasteiger partial charge on any atom is -0.496 e. The summed E-state index contributed by atoms with van der Waals surface area (Å²) in [5.41, 5.74) is 6.37. The van der Waals surface area contributed by atoms with Crippen LogP contribution in [0.2, 0.25) is 0 Å². The Labute approximate surface area is 106 Å². The number of nitrogen functional groups attached to an aromatic ring is 1. The number of carbonyl (C=O) groups is 1. The lowest BCUT2D eigenvalue weighted by Crippen LogP contribution is -2.29. The van der Waals surface area contributed by atoms with E-state index in [2.05, 4.69) is 5.32 Å². The van der Waals surface area contributed by atoms with Crippen molar-refractivity contribution in [3.05, 3.63) is 23.8 Å². The number of hydrogen-bond donors (Lipinski definition) is 2. The van der Waals surface area contributed by atoms with Crippen molar-refractivity contribution in [2.75, 3.05) is 31.4 Å². The molecule has 0 aliphatic rings. The molecule has 0 aliphatic heterocycles. The summed E-state index contributed by atoms with van der Waals surface area (Å²) in [7, 11) is -1.66. The standard InChI is InChI=1S/C11H16N2O4S/c1-17-10-7-8(12)3-4-9(10)11(14)13-5-6-18(2,15)16/h3-4,7H,5-6,12H2,1-2H3,(H,13,14). The van der Waals surface area contributed by atoms with Crippen LogP contribution in [0.4, 0.5) is 5.69 Å². The highest BCUT2D eigenvalue weighted by molar-refractivity contribution is 7.90. The molecule has 1 aromatic rings. The van der Waals surface area contributed by atoms with Crippen LogP contribution in [-0.4, -0.2) is 40.0 Å². The first kappa shape index (κ1) is 14.3. The van der Waals surface area contributed by atoms with Gasteiger partial charge in [0.1, 0.15) is 15.6 Å². The van der Waals surface area contributed by atoms with Gasteiger partial charge in [0.05, 0.1) is 18.4 Å².